The minimum absolute atomic E-state index is 0.0456. The Hall–Kier alpha value is -2.96. The largest absolute Gasteiger partial charge is 0.461 e. The zero-order valence-electron chi connectivity index (χ0n) is 21.0. The molecule has 3 aromatic rings. The van der Waals surface area contributed by atoms with Crippen molar-refractivity contribution < 1.29 is 23.5 Å². The van der Waals surface area contributed by atoms with Crippen molar-refractivity contribution in [3.05, 3.63) is 89.6 Å². The third-order valence-electron chi connectivity index (χ3n) is 7.18. The van der Waals surface area contributed by atoms with Gasteiger partial charge in [0.05, 0.1) is 26.9 Å². The first-order valence-corrected chi connectivity index (χ1v) is 12.6. The van der Waals surface area contributed by atoms with Gasteiger partial charge in [0, 0.05) is 11.5 Å². The molecule has 2 atom stereocenters. The number of hydrogen-bond acceptors (Lipinski definition) is 5. The summed E-state index contributed by atoms with van der Waals surface area (Å²) in [5.74, 6) is 0.731. The summed E-state index contributed by atoms with van der Waals surface area (Å²) in [6.45, 7) is 2.55. The van der Waals surface area contributed by atoms with Crippen molar-refractivity contribution in [2.24, 2.45) is 5.92 Å². The highest BCUT2D eigenvalue weighted by molar-refractivity contribution is 5.76. The van der Waals surface area contributed by atoms with Gasteiger partial charge in [0.2, 0.25) is 11.9 Å². The molecule has 0 radical (unpaired) electrons. The molecular formula is C29H37N2O4+. The number of quaternary nitrogens is 1. The summed E-state index contributed by atoms with van der Waals surface area (Å²) in [5, 5.41) is 12.1. The Morgan fingerprint density at radius 3 is 2.34 bits per heavy atom. The molecule has 0 amide bonds. The maximum Gasteiger partial charge on any atom is 0.369 e. The van der Waals surface area contributed by atoms with Gasteiger partial charge in [-0.3, -0.25) is 0 Å². The minimum atomic E-state index is -1.28. The minimum Gasteiger partial charge on any atom is -0.461 e. The second-order valence-corrected chi connectivity index (χ2v) is 10.1. The molecule has 1 heterocycles. The van der Waals surface area contributed by atoms with E-state index in [2.05, 4.69) is 4.98 Å². The maximum absolute atomic E-state index is 13.0. The van der Waals surface area contributed by atoms with Crippen molar-refractivity contribution in [2.75, 3.05) is 20.7 Å². The van der Waals surface area contributed by atoms with E-state index < -0.39 is 11.6 Å². The first kappa shape index (κ1) is 25.1. The SMILES string of the molecule is CCOC(=O)[C@@H](c1ccccc1)[N+](C)(C)Cc1cnc([C@](O)(c2ccccc2)C2CCCCC2)o1. The zero-order valence-corrected chi connectivity index (χ0v) is 21.0. The molecule has 6 nitrogen and oxygen atoms in total. The van der Waals surface area contributed by atoms with Crippen LogP contribution in [0.4, 0.5) is 0 Å². The Morgan fingerprint density at radius 1 is 1.09 bits per heavy atom. The summed E-state index contributed by atoms with van der Waals surface area (Å²) in [4.78, 5) is 17.6. The van der Waals surface area contributed by atoms with Gasteiger partial charge < -0.3 is 18.7 Å². The molecule has 0 aliphatic heterocycles. The fourth-order valence-electron chi connectivity index (χ4n) is 5.48. The van der Waals surface area contributed by atoms with Crippen molar-refractivity contribution in [1.29, 1.82) is 0 Å². The number of carbonyl (C=O) groups excluding carboxylic acids is 1. The fourth-order valence-corrected chi connectivity index (χ4v) is 5.48. The van der Waals surface area contributed by atoms with E-state index >= 15 is 0 Å². The van der Waals surface area contributed by atoms with Gasteiger partial charge in [0.25, 0.3) is 0 Å². The lowest BCUT2D eigenvalue weighted by Gasteiger charge is -2.37. The Balaban J connectivity index is 1.66. The number of hydrogen-bond donors (Lipinski definition) is 1. The second kappa shape index (κ2) is 10.8. The normalized spacial score (nSPS) is 17.5. The van der Waals surface area contributed by atoms with E-state index in [4.69, 9.17) is 9.15 Å². The Bertz CT molecular complexity index is 1090. The lowest BCUT2D eigenvalue weighted by atomic mass is 9.73. The van der Waals surface area contributed by atoms with Gasteiger partial charge in [0.1, 0.15) is 6.54 Å². The van der Waals surface area contributed by atoms with Crippen molar-refractivity contribution in [1.82, 2.24) is 4.98 Å². The number of benzene rings is 2. The van der Waals surface area contributed by atoms with E-state index in [1.807, 2.05) is 81.7 Å². The smallest absolute Gasteiger partial charge is 0.369 e. The predicted molar refractivity (Wildman–Crippen MR) is 134 cm³/mol. The molecule has 1 aliphatic carbocycles. The fraction of sp³-hybridized carbons (Fsp3) is 0.448. The van der Waals surface area contributed by atoms with Crippen LogP contribution in [0.3, 0.4) is 0 Å². The highest BCUT2D eigenvalue weighted by atomic mass is 16.5. The summed E-state index contributed by atoms with van der Waals surface area (Å²) >= 11 is 0. The number of nitrogens with zero attached hydrogens (tertiary/aromatic N) is 2. The molecule has 1 saturated carbocycles. The van der Waals surface area contributed by atoms with E-state index in [9.17, 15) is 9.90 Å². The van der Waals surface area contributed by atoms with Crippen molar-refractivity contribution in [2.45, 2.75) is 57.2 Å². The maximum atomic E-state index is 13.0. The quantitative estimate of drug-likeness (QED) is 0.331. The van der Waals surface area contributed by atoms with Crippen LogP contribution < -0.4 is 0 Å². The van der Waals surface area contributed by atoms with Gasteiger partial charge in [-0.05, 0) is 25.3 Å². The number of rotatable bonds is 9. The molecular weight excluding hydrogens is 440 g/mol. The number of ether oxygens (including phenoxy) is 1. The molecule has 6 heteroatoms. The molecule has 0 saturated heterocycles. The van der Waals surface area contributed by atoms with Crippen LogP contribution in [0.25, 0.3) is 0 Å². The van der Waals surface area contributed by atoms with Crippen LogP contribution in [0.2, 0.25) is 0 Å². The number of aromatic nitrogens is 1. The van der Waals surface area contributed by atoms with E-state index in [0.29, 0.717) is 29.3 Å². The van der Waals surface area contributed by atoms with Crippen LogP contribution in [-0.4, -0.2) is 41.2 Å². The monoisotopic (exact) mass is 477 g/mol. The molecule has 0 spiro atoms. The predicted octanol–water partition coefficient (Wildman–Crippen LogP) is 5.37. The number of likely N-dealkylation sites (N-methyl/N-ethyl adjacent to an activating group) is 1. The van der Waals surface area contributed by atoms with Crippen LogP contribution in [0.15, 0.2) is 71.3 Å². The summed E-state index contributed by atoms with van der Waals surface area (Å²) < 4.78 is 12.0. The van der Waals surface area contributed by atoms with Crippen molar-refractivity contribution in [3.63, 3.8) is 0 Å². The molecule has 4 rings (SSSR count). The van der Waals surface area contributed by atoms with E-state index in [1.54, 1.807) is 6.20 Å². The van der Waals surface area contributed by atoms with Crippen molar-refractivity contribution >= 4 is 5.97 Å². The molecule has 0 bridgehead atoms. The molecule has 1 fully saturated rings. The lowest BCUT2D eigenvalue weighted by Crippen LogP contribution is -2.46. The number of aliphatic hydroxyl groups is 1. The number of esters is 1. The molecule has 186 valence electrons. The molecule has 1 aromatic heterocycles. The molecule has 2 aromatic carbocycles. The van der Waals surface area contributed by atoms with Gasteiger partial charge >= 0.3 is 5.97 Å². The summed E-state index contributed by atoms with van der Waals surface area (Å²) in [7, 11) is 3.97. The first-order chi connectivity index (χ1) is 16.9. The van der Waals surface area contributed by atoms with Gasteiger partial charge in [-0.2, -0.15) is 0 Å². The molecule has 1 N–H and O–H groups in total. The van der Waals surface area contributed by atoms with Gasteiger partial charge in [0.15, 0.2) is 11.4 Å². The summed E-state index contributed by atoms with van der Waals surface area (Å²) in [6, 6.07) is 18.9. The van der Waals surface area contributed by atoms with Crippen LogP contribution >= 0.6 is 0 Å². The standard InChI is InChI=1S/C29H37N2O4/c1-4-34-27(32)26(22-14-8-5-9-15-22)31(2,3)21-25-20-30-28(35-25)29(33,23-16-10-6-11-17-23)24-18-12-7-13-19-24/h5-6,8-11,14-17,20,24,26,33H,4,7,12-13,18-19,21H2,1-3H3/q+1/t26-,29+/m1/s1. The topological polar surface area (TPSA) is 72.6 Å². The lowest BCUT2D eigenvalue weighted by molar-refractivity contribution is -0.926. The molecule has 0 unspecified atom stereocenters. The highest BCUT2D eigenvalue weighted by Crippen LogP contribution is 2.44. The average Bonchev–Trinajstić information content (AvgIpc) is 3.33. The third-order valence-corrected chi connectivity index (χ3v) is 7.18. The number of carbonyl (C=O) groups is 1. The summed E-state index contributed by atoms with van der Waals surface area (Å²) in [6.07, 6.45) is 6.94. The Labute approximate surface area is 208 Å². The molecule has 35 heavy (non-hydrogen) atoms. The van der Waals surface area contributed by atoms with Gasteiger partial charge in [-0.1, -0.05) is 79.9 Å². The molecule has 1 aliphatic rings. The Morgan fingerprint density at radius 2 is 1.71 bits per heavy atom. The second-order valence-electron chi connectivity index (χ2n) is 10.1. The Kier molecular flexibility index (Phi) is 7.72. The average molecular weight is 478 g/mol. The highest BCUT2D eigenvalue weighted by Gasteiger charge is 2.45. The summed E-state index contributed by atoms with van der Waals surface area (Å²) in [5.41, 5.74) is 0.415. The van der Waals surface area contributed by atoms with E-state index in [1.165, 1.54) is 6.42 Å². The third kappa shape index (κ3) is 5.34. The van der Waals surface area contributed by atoms with Crippen LogP contribution in [0, 0.1) is 5.92 Å². The number of oxazole rings is 1. The first-order valence-electron chi connectivity index (χ1n) is 12.6. The van der Waals surface area contributed by atoms with Crippen LogP contribution in [-0.2, 0) is 21.7 Å². The van der Waals surface area contributed by atoms with Crippen LogP contribution in [0.1, 0.15) is 67.8 Å². The van der Waals surface area contributed by atoms with E-state index in [0.717, 1.165) is 36.8 Å². The van der Waals surface area contributed by atoms with Gasteiger partial charge in [-0.15, -0.1) is 0 Å². The zero-order chi connectivity index (χ0) is 24.9. The van der Waals surface area contributed by atoms with Crippen LogP contribution in [0.5, 0.6) is 0 Å². The van der Waals surface area contributed by atoms with Crippen molar-refractivity contribution in [3.8, 4) is 0 Å². The van der Waals surface area contributed by atoms with Gasteiger partial charge in [-0.25, -0.2) is 9.78 Å². The van der Waals surface area contributed by atoms with E-state index in [-0.39, 0.29) is 11.9 Å².